The molecule has 4 atom stereocenters. The Morgan fingerprint density at radius 2 is 1.73 bits per heavy atom. The zero-order valence-corrected chi connectivity index (χ0v) is 34.6. The summed E-state index contributed by atoms with van der Waals surface area (Å²) in [5.74, 6) is 0.833. The summed E-state index contributed by atoms with van der Waals surface area (Å²) in [6.07, 6.45) is 1.68. The average Bonchev–Trinajstić information content (AvgIpc) is 3.70. The van der Waals surface area contributed by atoms with Gasteiger partial charge in [-0.1, -0.05) is 20.4 Å². The number of halogens is 4. The normalized spacial score (nSPS) is 23.6. The fourth-order valence-corrected chi connectivity index (χ4v) is 11.2. The average molecular weight is 852 g/mol. The largest absolute Gasteiger partial charge is 0.433 e. The number of hydrogen-bond acceptors (Lipinski definition) is 12. The Hall–Kier alpha value is -5.10. The van der Waals surface area contributed by atoms with Crippen LogP contribution >= 0.6 is 0 Å². The topological polar surface area (TPSA) is 137 Å². The first kappa shape index (κ1) is 41.6. The molecule has 4 aliphatic heterocycles. The minimum Gasteiger partial charge on any atom is -0.378 e. The number of fused-ring (bicyclic) bond motifs is 1. The van der Waals surface area contributed by atoms with E-state index in [0.29, 0.717) is 50.2 Å². The van der Waals surface area contributed by atoms with Crippen molar-refractivity contribution < 1.29 is 35.5 Å². The van der Waals surface area contributed by atoms with E-state index in [1.807, 2.05) is 11.0 Å². The number of alkyl halides is 4. The predicted molar refractivity (Wildman–Crippen MR) is 222 cm³/mol. The molecule has 1 amide bonds. The SMILES string of the molecule is C=CC(=O)N1CCC[C@@H]1c1cc(N2CC([C@H]3CN(c4ccnc(C(F)(F)F)c4)CCS3(=O)=O)C2)c2cnc(Nc3ccnc(N4CC[C@@H](OC)[C@@H](F)C4)n3)cc2c1C(C)C. The minimum absolute atomic E-state index is 0.0379. The number of pyridine rings is 2. The van der Waals surface area contributed by atoms with Gasteiger partial charge in [0.25, 0.3) is 0 Å². The molecule has 7 heterocycles. The number of nitrogens with one attached hydrogen (secondary N) is 1. The van der Waals surface area contributed by atoms with Crippen LogP contribution in [0.4, 0.5) is 46.5 Å². The first-order valence-corrected chi connectivity index (χ1v) is 22.0. The second-order valence-electron chi connectivity index (χ2n) is 16.4. The van der Waals surface area contributed by atoms with Crippen molar-refractivity contribution in [3.05, 3.63) is 78.4 Å². The Labute approximate surface area is 346 Å². The number of nitrogens with zero attached hydrogens (tertiary/aromatic N) is 8. The third-order valence-electron chi connectivity index (χ3n) is 12.4. The van der Waals surface area contributed by atoms with Gasteiger partial charge in [-0.25, -0.2) is 22.8 Å². The second-order valence-corrected chi connectivity index (χ2v) is 18.7. The first-order valence-electron chi connectivity index (χ1n) is 20.3. The second kappa shape index (κ2) is 16.4. The van der Waals surface area contributed by atoms with E-state index >= 15 is 0 Å². The van der Waals surface area contributed by atoms with Crippen LogP contribution in [0.2, 0.25) is 0 Å². The van der Waals surface area contributed by atoms with E-state index in [2.05, 4.69) is 46.7 Å². The fourth-order valence-electron chi connectivity index (χ4n) is 9.30. The highest BCUT2D eigenvalue weighted by Gasteiger charge is 2.45. The van der Waals surface area contributed by atoms with Gasteiger partial charge >= 0.3 is 6.18 Å². The van der Waals surface area contributed by atoms with Gasteiger partial charge in [-0.05, 0) is 78.1 Å². The van der Waals surface area contributed by atoms with Crippen molar-refractivity contribution in [3.8, 4) is 0 Å². The van der Waals surface area contributed by atoms with Crippen LogP contribution in [-0.2, 0) is 25.5 Å². The number of ether oxygens (including phenoxy) is 1. The number of rotatable bonds is 10. The number of anilines is 5. The van der Waals surface area contributed by atoms with Crippen molar-refractivity contribution >= 4 is 55.5 Å². The lowest BCUT2D eigenvalue weighted by Crippen LogP contribution is -2.60. The van der Waals surface area contributed by atoms with Crippen LogP contribution in [0.5, 0.6) is 0 Å². The molecule has 4 aromatic rings. The van der Waals surface area contributed by atoms with Crippen molar-refractivity contribution in [1.29, 1.82) is 0 Å². The lowest BCUT2D eigenvalue weighted by Gasteiger charge is -2.48. The summed E-state index contributed by atoms with van der Waals surface area (Å²) in [6.45, 7) is 10.2. The van der Waals surface area contributed by atoms with Crippen molar-refractivity contribution in [2.75, 3.05) is 78.7 Å². The third-order valence-corrected chi connectivity index (χ3v) is 14.6. The van der Waals surface area contributed by atoms with Gasteiger partial charge in [-0.3, -0.25) is 9.78 Å². The van der Waals surface area contributed by atoms with Gasteiger partial charge in [0.1, 0.15) is 23.5 Å². The number of benzene rings is 1. The van der Waals surface area contributed by atoms with E-state index < -0.39 is 39.2 Å². The summed E-state index contributed by atoms with van der Waals surface area (Å²) in [6, 6.07) is 8.07. The van der Waals surface area contributed by atoms with E-state index in [4.69, 9.17) is 14.7 Å². The summed E-state index contributed by atoms with van der Waals surface area (Å²) >= 11 is 0. The molecule has 4 aliphatic rings. The van der Waals surface area contributed by atoms with Gasteiger partial charge in [-0.15, -0.1) is 0 Å². The van der Waals surface area contributed by atoms with Gasteiger partial charge in [0, 0.05) is 87.6 Å². The lowest BCUT2D eigenvalue weighted by molar-refractivity contribution is -0.141. The molecule has 3 aromatic heterocycles. The molecule has 0 aliphatic carbocycles. The maximum atomic E-state index is 14.8. The molecule has 0 unspecified atom stereocenters. The number of methoxy groups -OCH3 is 1. The Bertz CT molecular complexity index is 2380. The molecule has 60 heavy (non-hydrogen) atoms. The molecular weight excluding hydrogens is 803 g/mol. The van der Waals surface area contributed by atoms with E-state index in [1.165, 1.54) is 19.3 Å². The van der Waals surface area contributed by atoms with Crippen LogP contribution in [-0.4, -0.2) is 115 Å². The van der Waals surface area contributed by atoms with Crippen LogP contribution in [0, 0.1) is 5.92 Å². The van der Waals surface area contributed by atoms with Crippen LogP contribution < -0.4 is 20.0 Å². The Balaban J connectivity index is 1.12. The van der Waals surface area contributed by atoms with Crippen LogP contribution in [0.1, 0.15) is 61.9 Å². The molecular formula is C42H49F4N9O4S. The molecule has 13 nitrogen and oxygen atoms in total. The summed E-state index contributed by atoms with van der Waals surface area (Å²) in [4.78, 5) is 38.1. The van der Waals surface area contributed by atoms with Crippen molar-refractivity contribution in [2.24, 2.45) is 5.92 Å². The number of hydrogen-bond donors (Lipinski definition) is 1. The van der Waals surface area contributed by atoms with E-state index in [0.717, 1.165) is 52.7 Å². The highest BCUT2D eigenvalue weighted by atomic mass is 32.2. The van der Waals surface area contributed by atoms with Gasteiger partial charge in [-0.2, -0.15) is 18.2 Å². The number of aromatic nitrogens is 4. The standard InChI is InChI=1S/C42H49F4N9O4S/c1-5-39(56)55-13-6-7-32(55)29-18-33(54-21-26(22-54)35-24-52(15-16-60(35,57)58)27-8-11-47-36(17-27)42(44,45)46)30-20-49-38(19-28(30)40(29)25(2)3)50-37-9-12-48-41(51-37)53-14-10-34(59-4)31(43)23-53/h5,8-9,11-12,17-20,25-26,31-32,34-35H,1,6-7,10,13-16,21-24H2,2-4H3,(H,48,49,50,51)/t31-,32+,34+,35+/m0/s1. The number of sulfone groups is 1. The van der Waals surface area contributed by atoms with Crippen molar-refractivity contribution in [2.45, 2.75) is 68.8 Å². The molecule has 0 spiro atoms. The fraction of sp³-hybridized carbons (Fsp3) is 0.500. The van der Waals surface area contributed by atoms with Gasteiger partial charge in [0.05, 0.1) is 29.7 Å². The zero-order valence-electron chi connectivity index (χ0n) is 33.8. The monoisotopic (exact) mass is 851 g/mol. The molecule has 1 N–H and O–H groups in total. The zero-order chi connectivity index (χ0) is 42.5. The van der Waals surface area contributed by atoms with Crippen LogP contribution in [0.15, 0.2) is 61.6 Å². The molecule has 0 saturated carbocycles. The van der Waals surface area contributed by atoms with Gasteiger partial charge < -0.3 is 29.7 Å². The number of amides is 1. The Morgan fingerprint density at radius 1 is 0.950 bits per heavy atom. The number of piperidine rings is 1. The van der Waals surface area contributed by atoms with E-state index in [9.17, 15) is 30.8 Å². The predicted octanol–water partition coefficient (Wildman–Crippen LogP) is 6.46. The summed E-state index contributed by atoms with van der Waals surface area (Å²) in [5.41, 5.74) is 2.18. The number of carbonyl (C=O) groups is 1. The minimum atomic E-state index is -4.62. The first-order chi connectivity index (χ1) is 28.6. The maximum Gasteiger partial charge on any atom is 0.433 e. The Morgan fingerprint density at radius 3 is 2.45 bits per heavy atom. The van der Waals surface area contributed by atoms with Crippen LogP contribution in [0.3, 0.4) is 0 Å². The van der Waals surface area contributed by atoms with Gasteiger partial charge in [0.2, 0.25) is 11.9 Å². The highest BCUT2D eigenvalue weighted by molar-refractivity contribution is 7.92. The van der Waals surface area contributed by atoms with E-state index in [-0.39, 0.29) is 54.9 Å². The van der Waals surface area contributed by atoms with Crippen molar-refractivity contribution in [1.82, 2.24) is 24.8 Å². The molecule has 0 radical (unpaired) electrons. The lowest BCUT2D eigenvalue weighted by atomic mass is 9.85. The Kier molecular flexibility index (Phi) is 11.4. The third kappa shape index (κ3) is 8.07. The molecule has 18 heteroatoms. The van der Waals surface area contributed by atoms with Gasteiger partial charge in [0.15, 0.2) is 9.84 Å². The smallest absolute Gasteiger partial charge is 0.378 e. The molecule has 8 rings (SSSR count). The van der Waals surface area contributed by atoms with Crippen molar-refractivity contribution in [3.63, 3.8) is 0 Å². The maximum absolute atomic E-state index is 14.8. The van der Waals surface area contributed by atoms with Crippen LogP contribution in [0.25, 0.3) is 10.8 Å². The molecule has 1 aromatic carbocycles. The quantitative estimate of drug-likeness (QED) is 0.139. The summed E-state index contributed by atoms with van der Waals surface area (Å²) in [5, 5.41) is 4.32. The van der Waals surface area contributed by atoms with E-state index in [1.54, 1.807) is 28.3 Å². The molecule has 0 bridgehead atoms. The molecule has 320 valence electrons. The highest BCUT2D eigenvalue weighted by Crippen LogP contribution is 2.46. The summed E-state index contributed by atoms with van der Waals surface area (Å²) < 4.78 is 87.7. The molecule has 4 fully saturated rings. The number of likely N-dealkylation sites (tertiary alicyclic amines) is 1. The number of carbonyl (C=O) groups excluding carboxylic acids is 1. The summed E-state index contributed by atoms with van der Waals surface area (Å²) in [7, 11) is -2.03. The molecule has 4 saturated heterocycles.